The van der Waals surface area contributed by atoms with Gasteiger partial charge in [0.05, 0.1) is 6.61 Å². The number of carbonyl (C=O) groups is 1. The second-order valence-electron chi connectivity index (χ2n) is 5.11. The van der Waals surface area contributed by atoms with Crippen LogP contribution in [0.25, 0.3) is 0 Å². The van der Waals surface area contributed by atoms with Crippen molar-refractivity contribution in [1.29, 1.82) is 0 Å². The molecule has 0 unspecified atom stereocenters. The number of carboxylic acids is 1. The molecular formula is C16H27FO4S. The summed E-state index contributed by atoms with van der Waals surface area (Å²) in [7, 11) is 0. The van der Waals surface area contributed by atoms with Crippen molar-refractivity contribution in [2.24, 2.45) is 5.92 Å². The number of hydrogen-bond donors (Lipinski definition) is 3. The zero-order valence-corrected chi connectivity index (χ0v) is 13.9. The summed E-state index contributed by atoms with van der Waals surface area (Å²) in [5.74, 6) is -0.797. The first-order valence-electron chi connectivity index (χ1n) is 7.62. The zero-order valence-electron chi connectivity index (χ0n) is 13.0. The van der Waals surface area contributed by atoms with E-state index in [9.17, 15) is 9.18 Å². The van der Waals surface area contributed by atoms with Gasteiger partial charge in [-0.25, -0.2) is 9.18 Å². The average molecular weight is 334 g/mol. The minimum atomic E-state index is -1.29. The first-order valence-corrected chi connectivity index (χ1v) is 8.13. The summed E-state index contributed by atoms with van der Waals surface area (Å²) >= 11 is 4.33. The van der Waals surface area contributed by atoms with Crippen LogP contribution in [0.3, 0.4) is 0 Å². The van der Waals surface area contributed by atoms with Gasteiger partial charge in [-0.05, 0) is 25.2 Å². The van der Waals surface area contributed by atoms with Gasteiger partial charge in [-0.2, -0.15) is 12.6 Å². The van der Waals surface area contributed by atoms with E-state index in [0.717, 1.165) is 12.5 Å². The largest absolute Gasteiger partial charge is 0.478 e. The average Bonchev–Trinajstić information content (AvgIpc) is 2.47. The van der Waals surface area contributed by atoms with E-state index in [1.54, 1.807) is 12.2 Å². The van der Waals surface area contributed by atoms with Crippen molar-refractivity contribution in [2.45, 2.75) is 50.6 Å². The van der Waals surface area contributed by atoms with E-state index in [2.05, 4.69) is 12.6 Å². The summed E-state index contributed by atoms with van der Waals surface area (Å²) in [6, 6.07) is 0. The molecule has 22 heavy (non-hydrogen) atoms. The minimum Gasteiger partial charge on any atom is -0.478 e. The Morgan fingerprint density at radius 2 is 2.05 bits per heavy atom. The molecule has 2 N–H and O–H groups in total. The summed E-state index contributed by atoms with van der Waals surface area (Å²) in [6.07, 6.45) is 7.71. The minimum absolute atomic E-state index is 0.0385. The molecule has 0 spiro atoms. The van der Waals surface area contributed by atoms with Gasteiger partial charge in [0.25, 0.3) is 0 Å². The smallest absolute Gasteiger partial charge is 0.328 e. The molecule has 0 bridgehead atoms. The molecule has 3 atom stereocenters. The van der Waals surface area contributed by atoms with Gasteiger partial charge >= 0.3 is 5.97 Å². The van der Waals surface area contributed by atoms with Gasteiger partial charge in [-0.15, -0.1) is 0 Å². The molecule has 0 heterocycles. The maximum atomic E-state index is 13.6. The van der Waals surface area contributed by atoms with Gasteiger partial charge in [0.2, 0.25) is 0 Å². The highest BCUT2D eigenvalue weighted by molar-refractivity contribution is 7.81. The predicted octanol–water partition coefficient (Wildman–Crippen LogP) is 3.37. The Bertz CT molecular complexity index is 347. The number of hydrogen-bond acceptors (Lipinski definition) is 4. The van der Waals surface area contributed by atoms with Gasteiger partial charge in [0, 0.05) is 24.4 Å². The number of halogens is 1. The SMILES string of the molecule is CC[C@@H](CCO)CO[C@@H](F)CCC[C@@H](S)/C=C/C=C/C(=O)O. The van der Waals surface area contributed by atoms with E-state index >= 15 is 0 Å². The zero-order chi connectivity index (χ0) is 16.8. The van der Waals surface area contributed by atoms with Gasteiger partial charge in [0.1, 0.15) is 0 Å². The number of aliphatic hydroxyl groups excluding tert-OH is 1. The van der Waals surface area contributed by atoms with E-state index < -0.39 is 12.3 Å². The molecule has 0 amide bonds. The fraction of sp³-hybridized carbons (Fsp3) is 0.688. The van der Waals surface area contributed by atoms with E-state index in [1.165, 1.54) is 6.08 Å². The van der Waals surface area contributed by atoms with Crippen LogP contribution in [-0.2, 0) is 9.53 Å². The number of carboxylic acid groups (broad SMARTS) is 1. The number of aliphatic carboxylic acids is 1. The quantitative estimate of drug-likeness (QED) is 0.274. The van der Waals surface area contributed by atoms with Crippen molar-refractivity contribution in [1.82, 2.24) is 0 Å². The highest BCUT2D eigenvalue weighted by atomic mass is 32.1. The molecule has 0 aromatic heterocycles. The van der Waals surface area contributed by atoms with Crippen LogP contribution in [0.2, 0.25) is 0 Å². The maximum Gasteiger partial charge on any atom is 0.328 e. The third kappa shape index (κ3) is 12.9. The van der Waals surface area contributed by atoms with Crippen molar-refractivity contribution < 1.29 is 24.1 Å². The number of thiol groups is 1. The lowest BCUT2D eigenvalue weighted by Gasteiger charge is -2.16. The number of alkyl halides is 1. The van der Waals surface area contributed by atoms with Gasteiger partial charge in [-0.1, -0.05) is 31.6 Å². The second-order valence-corrected chi connectivity index (χ2v) is 5.77. The van der Waals surface area contributed by atoms with Crippen molar-refractivity contribution in [3.63, 3.8) is 0 Å². The van der Waals surface area contributed by atoms with Crippen LogP contribution in [0.5, 0.6) is 0 Å². The van der Waals surface area contributed by atoms with E-state index in [-0.39, 0.29) is 17.8 Å². The van der Waals surface area contributed by atoms with Crippen molar-refractivity contribution in [3.8, 4) is 0 Å². The topological polar surface area (TPSA) is 66.8 Å². The number of ether oxygens (including phenoxy) is 1. The van der Waals surface area contributed by atoms with Crippen LogP contribution in [0.1, 0.15) is 39.0 Å². The lowest BCUT2D eigenvalue weighted by Crippen LogP contribution is -2.16. The van der Waals surface area contributed by atoms with Crippen molar-refractivity contribution in [3.05, 3.63) is 24.3 Å². The summed E-state index contributed by atoms with van der Waals surface area (Å²) in [5.41, 5.74) is 0. The molecule has 0 aliphatic carbocycles. The molecular weight excluding hydrogens is 307 g/mol. The third-order valence-corrected chi connectivity index (χ3v) is 3.67. The van der Waals surface area contributed by atoms with Gasteiger partial charge in [0.15, 0.2) is 6.36 Å². The molecule has 6 heteroatoms. The molecule has 128 valence electrons. The molecule has 0 saturated carbocycles. The Kier molecular flexibility index (Phi) is 13.3. The van der Waals surface area contributed by atoms with E-state index in [1.807, 2.05) is 6.92 Å². The van der Waals surface area contributed by atoms with Crippen LogP contribution in [0.4, 0.5) is 4.39 Å². The number of allylic oxidation sites excluding steroid dienone is 2. The Labute approximate surface area is 137 Å². The molecule has 0 aliphatic heterocycles. The first-order chi connectivity index (χ1) is 10.5. The molecule has 0 aromatic carbocycles. The fourth-order valence-corrected chi connectivity index (χ4v) is 2.11. The lowest BCUT2D eigenvalue weighted by atomic mass is 10.0. The molecule has 0 radical (unpaired) electrons. The molecule has 4 nitrogen and oxygen atoms in total. The van der Waals surface area contributed by atoms with Crippen LogP contribution < -0.4 is 0 Å². The van der Waals surface area contributed by atoms with Crippen LogP contribution in [-0.4, -0.2) is 41.0 Å². The Hall–Kier alpha value is -0.850. The Morgan fingerprint density at radius 1 is 1.32 bits per heavy atom. The first kappa shape index (κ1) is 21.1. The summed E-state index contributed by atoms with van der Waals surface area (Å²) in [4.78, 5) is 10.3. The normalized spacial score (nSPS) is 16.2. The Balaban J connectivity index is 3.78. The summed E-state index contributed by atoms with van der Waals surface area (Å²) in [6.45, 7) is 2.43. The molecule has 0 fully saturated rings. The second kappa shape index (κ2) is 13.8. The van der Waals surface area contributed by atoms with Crippen molar-refractivity contribution >= 4 is 18.6 Å². The van der Waals surface area contributed by atoms with Crippen molar-refractivity contribution in [2.75, 3.05) is 13.2 Å². The molecule has 0 aliphatic rings. The summed E-state index contributed by atoms with van der Waals surface area (Å²) in [5, 5.41) is 17.2. The standard InChI is InChI=1S/C16H27FO4S/c1-2-13(10-11-18)12-21-15(17)8-5-7-14(22)6-3-4-9-16(19)20/h3-4,6,9,13-15,18,22H,2,5,7-8,10-12H2,1H3,(H,19,20)/b6-3+,9-4+/t13-,14-,15+/m0/s1. The van der Waals surface area contributed by atoms with E-state index in [0.29, 0.717) is 32.3 Å². The van der Waals surface area contributed by atoms with Gasteiger partial charge < -0.3 is 14.9 Å². The molecule has 0 rings (SSSR count). The van der Waals surface area contributed by atoms with Crippen LogP contribution in [0, 0.1) is 5.92 Å². The highest BCUT2D eigenvalue weighted by Gasteiger charge is 2.12. The molecule has 0 saturated heterocycles. The monoisotopic (exact) mass is 334 g/mol. The summed E-state index contributed by atoms with van der Waals surface area (Å²) < 4.78 is 18.7. The van der Waals surface area contributed by atoms with Gasteiger partial charge in [-0.3, -0.25) is 0 Å². The Morgan fingerprint density at radius 3 is 2.64 bits per heavy atom. The van der Waals surface area contributed by atoms with Crippen LogP contribution in [0.15, 0.2) is 24.3 Å². The maximum absolute atomic E-state index is 13.6. The number of aliphatic hydroxyl groups is 1. The molecule has 0 aromatic rings. The third-order valence-electron chi connectivity index (χ3n) is 3.24. The predicted molar refractivity (Wildman–Crippen MR) is 88.9 cm³/mol. The fourth-order valence-electron chi connectivity index (χ4n) is 1.83. The van der Waals surface area contributed by atoms with Crippen LogP contribution >= 0.6 is 12.6 Å². The van der Waals surface area contributed by atoms with E-state index in [4.69, 9.17) is 14.9 Å². The highest BCUT2D eigenvalue weighted by Crippen LogP contribution is 2.15. The lowest BCUT2D eigenvalue weighted by molar-refractivity contribution is -0.131. The number of rotatable bonds is 13.